The molecule has 0 bridgehead atoms. The molecule has 4 rings (SSSR count). The van der Waals surface area contributed by atoms with Crippen LogP contribution in [-0.4, -0.2) is 24.6 Å². The molecule has 2 heterocycles. The van der Waals surface area contributed by atoms with Crippen molar-refractivity contribution in [2.24, 2.45) is 4.99 Å². The molecule has 180 valence electrons. The fraction of sp³-hybridized carbons (Fsp3) is 0.304. The Morgan fingerprint density at radius 1 is 1.06 bits per heavy atom. The molecule has 0 aliphatic carbocycles. The first-order chi connectivity index (χ1) is 15.9. The molecule has 2 aromatic carbocycles. The van der Waals surface area contributed by atoms with Gasteiger partial charge in [0.25, 0.3) is 0 Å². The lowest BCUT2D eigenvalue weighted by Crippen LogP contribution is -2.38. The lowest BCUT2D eigenvalue weighted by Gasteiger charge is -2.26. The van der Waals surface area contributed by atoms with Crippen molar-refractivity contribution < 1.29 is 40.6 Å². The number of ether oxygens (including phenoxy) is 2. The summed E-state index contributed by atoms with van der Waals surface area (Å²) in [4.78, 5) is 16.2. The van der Waals surface area contributed by atoms with Crippen molar-refractivity contribution in [3.63, 3.8) is 0 Å². The van der Waals surface area contributed by atoms with E-state index in [2.05, 4.69) is 15.0 Å². The van der Waals surface area contributed by atoms with Crippen LogP contribution >= 0.6 is 0 Å². The predicted octanol–water partition coefficient (Wildman–Crippen LogP) is 5.43. The average Bonchev–Trinajstić information content (AvgIpc) is 3.19. The van der Waals surface area contributed by atoms with Gasteiger partial charge in [-0.15, -0.1) is 13.2 Å². The Kier molecular flexibility index (Phi) is 6.05. The summed E-state index contributed by atoms with van der Waals surface area (Å²) in [5, 5.41) is 2.62. The molecule has 11 heteroatoms. The van der Waals surface area contributed by atoms with Crippen LogP contribution in [-0.2, 0) is 17.6 Å². The summed E-state index contributed by atoms with van der Waals surface area (Å²) >= 11 is 0. The molecule has 5 nitrogen and oxygen atoms in total. The first-order valence-corrected chi connectivity index (χ1v) is 10.1. The van der Waals surface area contributed by atoms with E-state index in [-0.39, 0.29) is 17.9 Å². The summed E-state index contributed by atoms with van der Waals surface area (Å²) in [7, 11) is 0. The number of alkyl halides is 6. The Morgan fingerprint density at radius 3 is 2.53 bits per heavy atom. The third-order valence-corrected chi connectivity index (χ3v) is 5.40. The molecule has 2 aliphatic rings. The summed E-state index contributed by atoms with van der Waals surface area (Å²) in [6.07, 6.45) is -7.97. The first-order valence-electron chi connectivity index (χ1n) is 10.1. The summed E-state index contributed by atoms with van der Waals surface area (Å²) in [5.74, 6) is -1.61. The van der Waals surface area contributed by atoms with Crippen LogP contribution in [0, 0.1) is 6.92 Å². The molecular weight excluding hydrogens is 466 g/mol. The van der Waals surface area contributed by atoms with Crippen LogP contribution in [0.1, 0.15) is 34.6 Å². The number of hydrogen-bond acceptors (Lipinski definition) is 4. The highest BCUT2D eigenvalue weighted by Gasteiger charge is 2.36. The van der Waals surface area contributed by atoms with Crippen LogP contribution in [0.2, 0.25) is 0 Å². The fourth-order valence-electron chi connectivity index (χ4n) is 3.89. The average molecular weight is 484 g/mol. The molecule has 0 radical (unpaired) electrons. The van der Waals surface area contributed by atoms with Crippen LogP contribution < -0.4 is 14.8 Å². The summed E-state index contributed by atoms with van der Waals surface area (Å²) in [6.45, 7) is 1.23. The number of nitrogens with zero attached hydrogens (tertiary/aromatic N) is 1. The van der Waals surface area contributed by atoms with Crippen molar-refractivity contribution in [1.82, 2.24) is 5.32 Å². The minimum Gasteiger partial charge on any atom is -0.488 e. The van der Waals surface area contributed by atoms with E-state index < -0.39 is 42.1 Å². The molecule has 0 spiro atoms. The van der Waals surface area contributed by atoms with Gasteiger partial charge in [0.15, 0.2) is 0 Å². The normalized spacial score (nSPS) is 18.1. The maximum Gasteiger partial charge on any atom is 0.573 e. The molecule has 2 aliphatic heterocycles. The van der Waals surface area contributed by atoms with Crippen LogP contribution in [0.25, 0.3) is 0 Å². The highest BCUT2D eigenvalue weighted by atomic mass is 19.4. The zero-order chi connectivity index (χ0) is 24.7. The molecule has 0 aromatic heterocycles. The molecule has 1 fully saturated rings. The van der Waals surface area contributed by atoms with Crippen molar-refractivity contribution in [1.29, 1.82) is 0 Å². The molecule has 0 saturated carbocycles. The quantitative estimate of drug-likeness (QED) is 0.576. The van der Waals surface area contributed by atoms with Crippen LogP contribution in [0.15, 0.2) is 53.0 Å². The summed E-state index contributed by atoms with van der Waals surface area (Å²) < 4.78 is 88.8. The SMILES string of the molecule is Cc1ccc(OCc2ccc(C3CC(=O)NC4=NCC=C43)cc2OC(F)(F)F)c(C(F)(F)F)c1. The first kappa shape index (κ1) is 23.7. The van der Waals surface area contributed by atoms with E-state index in [1.165, 1.54) is 25.1 Å². The van der Waals surface area contributed by atoms with E-state index in [0.29, 0.717) is 29.1 Å². The van der Waals surface area contributed by atoms with Crippen molar-refractivity contribution in [2.45, 2.75) is 38.4 Å². The maximum absolute atomic E-state index is 13.4. The number of aryl methyl sites for hydroxylation is 1. The van der Waals surface area contributed by atoms with E-state index in [0.717, 1.165) is 18.2 Å². The molecule has 2 aromatic rings. The van der Waals surface area contributed by atoms with Gasteiger partial charge in [-0.05, 0) is 30.7 Å². The number of carbonyl (C=O) groups is 1. The van der Waals surface area contributed by atoms with Gasteiger partial charge in [-0.3, -0.25) is 9.79 Å². The van der Waals surface area contributed by atoms with Crippen molar-refractivity contribution in [2.75, 3.05) is 6.54 Å². The van der Waals surface area contributed by atoms with Gasteiger partial charge in [0.2, 0.25) is 5.91 Å². The number of benzene rings is 2. The molecule has 1 atom stereocenters. The van der Waals surface area contributed by atoms with Gasteiger partial charge < -0.3 is 14.8 Å². The second kappa shape index (κ2) is 8.69. The Hall–Kier alpha value is -3.50. The van der Waals surface area contributed by atoms with Crippen molar-refractivity contribution in [3.8, 4) is 11.5 Å². The number of nitrogens with one attached hydrogen (secondary N) is 1. The molecule has 1 amide bonds. The zero-order valence-corrected chi connectivity index (χ0v) is 17.7. The van der Waals surface area contributed by atoms with Gasteiger partial charge in [0, 0.05) is 23.5 Å². The van der Waals surface area contributed by atoms with Gasteiger partial charge in [-0.2, -0.15) is 13.2 Å². The van der Waals surface area contributed by atoms with E-state index >= 15 is 0 Å². The smallest absolute Gasteiger partial charge is 0.488 e. The minimum atomic E-state index is -5.04. The summed E-state index contributed by atoms with van der Waals surface area (Å²) in [6, 6.07) is 7.34. The molecule has 1 saturated heterocycles. The largest absolute Gasteiger partial charge is 0.573 e. The number of fused-ring (bicyclic) bond motifs is 1. The lowest BCUT2D eigenvalue weighted by atomic mass is 9.84. The number of amides is 1. The van der Waals surface area contributed by atoms with E-state index in [4.69, 9.17) is 4.74 Å². The van der Waals surface area contributed by atoms with Crippen molar-refractivity contribution in [3.05, 3.63) is 70.3 Å². The Bertz CT molecular complexity index is 1180. The lowest BCUT2D eigenvalue weighted by molar-refractivity contribution is -0.275. The number of piperidine rings is 1. The molecule has 34 heavy (non-hydrogen) atoms. The molecule has 1 unspecified atom stereocenters. The Labute approximate surface area is 190 Å². The molecule has 1 N–H and O–H groups in total. The Balaban J connectivity index is 1.65. The standard InChI is InChI=1S/C23H18F6N2O3/c1-12-2-5-18(17(8-12)22(24,25)26)33-11-14-4-3-13(9-19(14)34-23(27,28)29)16-10-20(32)31-21-15(16)6-7-30-21/h2-6,8-9,16H,7,10-11H2,1H3,(H,30,31,32). The number of rotatable bonds is 5. The van der Waals surface area contributed by atoms with Crippen LogP contribution in [0.4, 0.5) is 26.3 Å². The zero-order valence-electron chi connectivity index (χ0n) is 17.7. The third kappa shape index (κ3) is 5.18. The second-order valence-electron chi connectivity index (χ2n) is 7.85. The second-order valence-corrected chi connectivity index (χ2v) is 7.85. The predicted molar refractivity (Wildman–Crippen MR) is 110 cm³/mol. The van der Waals surface area contributed by atoms with Gasteiger partial charge in [-0.25, -0.2) is 0 Å². The van der Waals surface area contributed by atoms with Gasteiger partial charge in [0.1, 0.15) is 23.9 Å². The maximum atomic E-state index is 13.4. The van der Waals surface area contributed by atoms with Gasteiger partial charge >= 0.3 is 12.5 Å². The van der Waals surface area contributed by atoms with Crippen molar-refractivity contribution >= 4 is 11.7 Å². The highest BCUT2D eigenvalue weighted by molar-refractivity contribution is 6.12. The monoisotopic (exact) mass is 484 g/mol. The summed E-state index contributed by atoms with van der Waals surface area (Å²) in [5.41, 5.74) is 0.284. The minimum absolute atomic E-state index is 0.00443. The fourth-order valence-corrected chi connectivity index (χ4v) is 3.89. The number of aliphatic imine (C=N–C) groups is 1. The van der Waals surface area contributed by atoms with Gasteiger partial charge in [-0.1, -0.05) is 29.8 Å². The van der Waals surface area contributed by atoms with Crippen LogP contribution in [0.5, 0.6) is 11.5 Å². The topological polar surface area (TPSA) is 59.9 Å². The molecular formula is C23H18F6N2O3. The van der Waals surface area contributed by atoms with Gasteiger partial charge in [0.05, 0.1) is 12.1 Å². The number of carbonyl (C=O) groups excluding carboxylic acids is 1. The number of amidine groups is 1. The van der Waals surface area contributed by atoms with E-state index in [1.54, 1.807) is 6.08 Å². The Morgan fingerprint density at radius 2 is 1.82 bits per heavy atom. The van der Waals surface area contributed by atoms with Crippen LogP contribution in [0.3, 0.4) is 0 Å². The van der Waals surface area contributed by atoms with E-state index in [9.17, 15) is 31.1 Å². The van der Waals surface area contributed by atoms with E-state index in [1.807, 2.05) is 0 Å². The third-order valence-electron chi connectivity index (χ3n) is 5.40. The highest BCUT2D eigenvalue weighted by Crippen LogP contribution is 2.39. The number of hydrogen-bond donors (Lipinski definition) is 1. The number of halogens is 6.